The molecule has 1 N–H and O–H groups in total. The fourth-order valence-electron chi connectivity index (χ4n) is 2.01. The Morgan fingerprint density at radius 1 is 0.947 bits per heavy atom. The first kappa shape index (κ1) is 13.7. The van der Waals surface area contributed by atoms with E-state index in [4.69, 9.17) is 0 Å². The summed E-state index contributed by atoms with van der Waals surface area (Å²) in [5, 5.41) is 3.10. The quantitative estimate of drug-likeness (QED) is 0.861. The molecule has 2 aromatic carbocycles. The molecule has 0 aliphatic rings. The van der Waals surface area contributed by atoms with E-state index in [9.17, 15) is 8.78 Å². The van der Waals surface area contributed by atoms with E-state index in [1.165, 1.54) is 23.8 Å². The maximum atomic E-state index is 13.4. The summed E-state index contributed by atoms with van der Waals surface area (Å²) in [6.07, 6.45) is 0. The molecule has 0 fully saturated rings. The summed E-state index contributed by atoms with van der Waals surface area (Å²) in [4.78, 5) is 0. The fourth-order valence-corrected chi connectivity index (χ4v) is 2.01. The van der Waals surface area contributed by atoms with Crippen LogP contribution < -0.4 is 5.32 Å². The lowest BCUT2D eigenvalue weighted by Crippen LogP contribution is -2.21. The number of nitrogens with one attached hydrogen (secondary N) is 1. The zero-order valence-corrected chi connectivity index (χ0v) is 10.9. The minimum atomic E-state index is -0.500. The third-order valence-electron chi connectivity index (χ3n) is 3.18. The van der Waals surface area contributed by atoms with Crippen LogP contribution in [0.1, 0.15) is 24.0 Å². The highest BCUT2D eigenvalue weighted by Crippen LogP contribution is 2.15. The Hall–Kier alpha value is -1.74. The predicted molar refractivity (Wildman–Crippen MR) is 72.9 cm³/mol. The minimum Gasteiger partial charge on any atom is -0.312 e. The number of hydrogen-bond donors (Lipinski definition) is 1. The highest BCUT2D eigenvalue weighted by Gasteiger charge is 2.09. The minimum absolute atomic E-state index is 0.0998. The van der Waals surface area contributed by atoms with E-state index in [0.29, 0.717) is 12.5 Å². The van der Waals surface area contributed by atoms with Crippen LogP contribution in [0.2, 0.25) is 0 Å². The Kier molecular flexibility index (Phi) is 4.63. The van der Waals surface area contributed by atoms with Gasteiger partial charge in [0.2, 0.25) is 0 Å². The number of rotatable bonds is 5. The van der Waals surface area contributed by atoms with Gasteiger partial charge in [-0.1, -0.05) is 43.3 Å². The number of benzene rings is 2. The summed E-state index contributed by atoms with van der Waals surface area (Å²) < 4.78 is 26.8. The highest BCUT2D eigenvalue weighted by molar-refractivity contribution is 5.21. The van der Waals surface area contributed by atoms with E-state index in [1.807, 2.05) is 18.2 Å². The lowest BCUT2D eigenvalue weighted by molar-refractivity contribution is 0.527. The van der Waals surface area contributed by atoms with Gasteiger partial charge in [-0.2, -0.15) is 0 Å². The molecule has 0 radical (unpaired) electrons. The van der Waals surface area contributed by atoms with E-state index in [2.05, 4.69) is 24.4 Å². The van der Waals surface area contributed by atoms with Gasteiger partial charge in [-0.15, -0.1) is 0 Å². The van der Waals surface area contributed by atoms with Gasteiger partial charge in [0.05, 0.1) is 0 Å². The van der Waals surface area contributed by atoms with Gasteiger partial charge in [0.1, 0.15) is 11.6 Å². The van der Waals surface area contributed by atoms with Crippen molar-refractivity contribution in [1.82, 2.24) is 5.32 Å². The molecule has 100 valence electrons. The molecule has 0 bridgehead atoms. The second-order valence-electron chi connectivity index (χ2n) is 4.64. The molecule has 0 aliphatic heterocycles. The van der Waals surface area contributed by atoms with Crippen LogP contribution in [-0.2, 0) is 6.54 Å². The average molecular weight is 261 g/mol. The van der Waals surface area contributed by atoms with Gasteiger partial charge < -0.3 is 5.32 Å². The van der Waals surface area contributed by atoms with Crippen LogP contribution in [0.15, 0.2) is 48.5 Å². The molecule has 0 saturated carbocycles. The average Bonchev–Trinajstić information content (AvgIpc) is 2.43. The van der Waals surface area contributed by atoms with Gasteiger partial charge >= 0.3 is 0 Å². The molecule has 1 atom stereocenters. The van der Waals surface area contributed by atoms with Crippen LogP contribution >= 0.6 is 0 Å². The van der Waals surface area contributed by atoms with Crippen LogP contribution in [0, 0.1) is 11.6 Å². The molecule has 1 unspecified atom stereocenters. The summed E-state index contributed by atoms with van der Waals surface area (Å²) in [5.41, 5.74) is 1.31. The van der Waals surface area contributed by atoms with Gasteiger partial charge in [-0.25, -0.2) is 8.78 Å². The molecule has 1 nitrogen and oxygen atoms in total. The Bertz CT molecular complexity index is 505. The Balaban J connectivity index is 1.90. The van der Waals surface area contributed by atoms with Crippen molar-refractivity contribution in [3.63, 3.8) is 0 Å². The molecule has 2 rings (SSSR count). The summed E-state index contributed by atoms with van der Waals surface area (Å²) in [7, 11) is 0. The molecule has 0 spiro atoms. The van der Waals surface area contributed by atoms with Crippen LogP contribution in [-0.4, -0.2) is 6.54 Å². The standard InChI is InChI=1S/C16H17F2N/c1-12(13-6-3-2-4-7-13)10-19-11-14-15(17)8-5-9-16(14)18/h2-9,12,19H,10-11H2,1H3. The van der Waals surface area contributed by atoms with Crippen molar-refractivity contribution in [2.75, 3.05) is 6.54 Å². The summed E-state index contributed by atoms with van der Waals surface area (Å²) in [6, 6.07) is 14.0. The molecule has 0 heterocycles. The van der Waals surface area contributed by atoms with Crippen LogP contribution in [0.4, 0.5) is 8.78 Å². The van der Waals surface area contributed by atoms with Crippen molar-refractivity contribution >= 4 is 0 Å². The van der Waals surface area contributed by atoms with Crippen molar-refractivity contribution < 1.29 is 8.78 Å². The van der Waals surface area contributed by atoms with E-state index in [1.54, 1.807) is 0 Å². The highest BCUT2D eigenvalue weighted by atomic mass is 19.1. The predicted octanol–water partition coefficient (Wildman–Crippen LogP) is 3.86. The maximum Gasteiger partial charge on any atom is 0.130 e. The Morgan fingerprint density at radius 3 is 2.21 bits per heavy atom. The largest absolute Gasteiger partial charge is 0.312 e. The normalized spacial score (nSPS) is 12.4. The van der Waals surface area contributed by atoms with Crippen molar-refractivity contribution in [3.05, 3.63) is 71.3 Å². The SMILES string of the molecule is CC(CNCc1c(F)cccc1F)c1ccccc1. The van der Waals surface area contributed by atoms with Gasteiger partial charge in [-0.05, 0) is 23.6 Å². The smallest absolute Gasteiger partial charge is 0.130 e. The van der Waals surface area contributed by atoms with Crippen molar-refractivity contribution in [3.8, 4) is 0 Å². The van der Waals surface area contributed by atoms with Crippen molar-refractivity contribution in [2.24, 2.45) is 0 Å². The Morgan fingerprint density at radius 2 is 1.58 bits per heavy atom. The van der Waals surface area contributed by atoms with E-state index in [-0.39, 0.29) is 12.1 Å². The maximum absolute atomic E-state index is 13.4. The van der Waals surface area contributed by atoms with E-state index >= 15 is 0 Å². The first-order chi connectivity index (χ1) is 9.18. The van der Waals surface area contributed by atoms with Crippen LogP contribution in [0.3, 0.4) is 0 Å². The summed E-state index contributed by atoms with van der Waals surface area (Å²) in [6.45, 7) is 2.97. The molecule has 0 aromatic heterocycles. The summed E-state index contributed by atoms with van der Waals surface area (Å²) >= 11 is 0. The molecule has 0 aliphatic carbocycles. The molecule has 2 aromatic rings. The van der Waals surface area contributed by atoms with Crippen molar-refractivity contribution in [1.29, 1.82) is 0 Å². The molecule has 0 amide bonds. The molecule has 19 heavy (non-hydrogen) atoms. The zero-order valence-electron chi connectivity index (χ0n) is 10.9. The molecule has 0 saturated heterocycles. The Labute approximate surface area is 112 Å². The third kappa shape index (κ3) is 3.61. The summed E-state index contributed by atoms with van der Waals surface area (Å²) in [5.74, 6) is -0.698. The second-order valence-corrected chi connectivity index (χ2v) is 4.64. The van der Waals surface area contributed by atoms with Crippen LogP contribution in [0.25, 0.3) is 0 Å². The van der Waals surface area contributed by atoms with Gasteiger partial charge in [-0.3, -0.25) is 0 Å². The molecular formula is C16H17F2N. The van der Waals surface area contributed by atoms with Crippen LogP contribution in [0.5, 0.6) is 0 Å². The zero-order chi connectivity index (χ0) is 13.7. The van der Waals surface area contributed by atoms with E-state index in [0.717, 1.165) is 0 Å². The van der Waals surface area contributed by atoms with Crippen molar-refractivity contribution in [2.45, 2.75) is 19.4 Å². The number of hydrogen-bond acceptors (Lipinski definition) is 1. The number of halogens is 2. The second kappa shape index (κ2) is 6.43. The fraction of sp³-hybridized carbons (Fsp3) is 0.250. The monoisotopic (exact) mass is 261 g/mol. The van der Waals surface area contributed by atoms with Gasteiger partial charge in [0.15, 0.2) is 0 Å². The lowest BCUT2D eigenvalue weighted by Gasteiger charge is -2.13. The van der Waals surface area contributed by atoms with Gasteiger partial charge in [0, 0.05) is 18.7 Å². The molecular weight excluding hydrogens is 244 g/mol. The first-order valence-corrected chi connectivity index (χ1v) is 6.37. The van der Waals surface area contributed by atoms with Gasteiger partial charge in [0.25, 0.3) is 0 Å². The van der Waals surface area contributed by atoms with E-state index < -0.39 is 11.6 Å². The third-order valence-corrected chi connectivity index (χ3v) is 3.18. The first-order valence-electron chi connectivity index (χ1n) is 6.37. The lowest BCUT2D eigenvalue weighted by atomic mass is 10.0. The molecule has 3 heteroatoms. The topological polar surface area (TPSA) is 12.0 Å².